The number of anilines is 1. The molecular formula is C15H15ClFNO2. The molecule has 0 saturated heterocycles. The number of nitrogens with one attached hydrogen (secondary N) is 1. The molecule has 0 atom stereocenters. The third-order valence-corrected chi connectivity index (χ3v) is 3.03. The summed E-state index contributed by atoms with van der Waals surface area (Å²) in [6, 6.07) is 9.88. The van der Waals surface area contributed by atoms with Crippen molar-refractivity contribution in [1.29, 1.82) is 0 Å². The van der Waals surface area contributed by atoms with Gasteiger partial charge in [-0.3, -0.25) is 0 Å². The Morgan fingerprint density at radius 2 is 1.90 bits per heavy atom. The molecule has 0 aromatic heterocycles. The lowest BCUT2D eigenvalue weighted by Gasteiger charge is -2.12. The first-order chi connectivity index (χ1) is 9.62. The third kappa shape index (κ3) is 3.54. The van der Waals surface area contributed by atoms with Gasteiger partial charge in [-0.2, -0.15) is 0 Å². The molecule has 0 radical (unpaired) electrons. The molecule has 20 heavy (non-hydrogen) atoms. The SMILES string of the molecule is COc1ccc(NCc2cc(F)cc(Cl)c2)c(OC)c1. The Morgan fingerprint density at radius 1 is 1.10 bits per heavy atom. The van der Waals surface area contributed by atoms with Gasteiger partial charge < -0.3 is 14.8 Å². The standard InChI is InChI=1S/C15H15ClFNO2/c1-19-13-3-4-14(15(8-13)20-2)18-9-10-5-11(16)7-12(17)6-10/h3-8,18H,9H2,1-2H3. The predicted octanol–water partition coefficient (Wildman–Crippen LogP) is 4.11. The molecule has 0 saturated carbocycles. The maximum atomic E-state index is 13.2. The molecule has 0 amide bonds. The number of hydrogen-bond acceptors (Lipinski definition) is 3. The molecule has 106 valence electrons. The van der Waals surface area contributed by atoms with E-state index in [-0.39, 0.29) is 5.82 Å². The molecule has 0 bridgehead atoms. The highest BCUT2D eigenvalue weighted by atomic mass is 35.5. The first kappa shape index (κ1) is 14.5. The molecule has 0 fully saturated rings. The van der Waals surface area contributed by atoms with E-state index in [4.69, 9.17) is 21.1 Å². The summed E-state index contributed by atoms with van der Waals surface area (Å²) in [7, 11) is 3.18. The van der Waals surface area contributed by atoms with Crippen molar-refractivity contribution >= 4 is 17.3 Å². The van der Waals surface area contributed by atoms with E-state index in [1.807, 2.05) is 12.1 Å². The molecule has 5 heteroatoms. The molecule has 1 N–H and O–H groups in total. The van der Waals surface area contributed by atoms with Gasteiger partial charge in [0.15, 0.2) is 0 Å². The Hall–Kier alpha value is -1.94. The minimum Gasteiger partial charge on any atom is -0.497 e. The van der Waals surface area contributed by atoms with Crippen LogP contribution in [0.5, 0.6) is 11.5 Å². The van der Waals surface area contributed by atoms with Crippen LogP contribution >= 0.6 is 11.6 Å². The topological polar surface area (TPSA) is 30.5 Å². The van der Waals surface area contributed by atoms with Crippen LogP contribution in [0.1, 0.15) is 5.56 Å². The van der Waals surface area contributed by atoms with Crippen LogP contribution in [0.15, 0.2) is 36.4 Å². The molecule has 0 unspecified atom stereocenters. The zero-order valence-electron chi connectivity index (χ0n) is 11.2. The van der Waals surface area contributed by atoms with Crippen LogP contribution < -0.4 is 14.8 Å². The normalized spacial score (nSPS) is 10.2. The Bertz CT molecular complexity index is 584. The van der Waals surface area contributed by atoms with E-state index in [2.05, 4.69) is 5.32 Å². The maximum Gasteiger partial charge on any atom is 0.145 e. The lowest BCUT2D eigenvalue weighted by Crippen LogP contribution is -2.02. The van der Waals surface area contributed by atoms with Gasteiger partial charge in [-0.15, -0.1) is 0 Å². The Morgan fingerprint density at radius 3 is 2.55 bits per heavy atom. The van der Waals surface area contributed by atoms with Crippen LogP contribution in [0, 0.1) is 5.82 Å². The van der Waals surface area contributed by atoms with E-state index in [0.29, 0.717) is 23.1 Å². The van der Waals surface area contributed by atoms with Crippen molar-refractivity contribution in [2.75, 3.05) is 19.5 Å². The summed E-state index contributed by atoms with van der Waals surface area (Å²) in [6.07, 6.45) is 0. The summed E-state index contributed by atoms with van der Waals surface area (Å²) in [5, 5.41) is 3.56. The fourth-order valence-electron chi connectivity index (χ4n) is 1.85. The quantitative estimate of drug-likeness (QED) is 0.900. The zero-order valence-corrected chi connectivity index (χ0v) is 12.0. The average Bonchev–Trinajstić information content (AvgIpc) is 2.44. The highest BCUT2D eigenvalue weighted by Crippen LogP contribution is 2.29. The molecular weight excluding hydrogens is 281 g/mol. The van der Waals surface area contributed by atoms with Crippen molar-refractivity contribution in [2.45, 2.75) is 6.54 Å². The van der Waals surface area contributed by atoms with Gasteiger partial charge >= 0.3 is 0 Å². The molecule has 0 aliphatic heterocycles. The molecule has 2 aromatic rings. The molecule has 0 aliphatic carbocycles. The number of benzene rings is 2. The third-order valence-electron chi connectivity index (χ3n) is 2.81. The lowest BCUT2D eigenvalue weighted by atomic mass is 10.2. The van der Waals surface area contributed by atoms with E-state index in [9.17, 15) is 4.39 Å². The lowest BCUT2D eigenvalue weighted by molar-refractivity contribution is 0.395. The highest BCUT2D eigenvalue weighted by Gasteiger charge is 2.05. The fraction of sp³-hybridized carbons (Fsp3) is 0.200. The minimum atomic E-state index is -0.351. The van der Waals surface area contributed by atoms with Crippen LogP contribution in [-0.2, 0) is 6.54 Å². The van der Waals surface area contributed by atoms with Crippen molar-refractivity contribution in [1.82, 2.24) is 0 Å². The first-order valence-electron chi connectivity index (χ1n) is 6.03. The van der Waals surface area contributed by atoms with Gasteiger partial charge in [0.2, 0.25) is 0 Å². The molecule has 0 aliphatic rings. The predicted molar refractivity (Wildman–Crippen MR) is 78.3 cm³/mol. The fourth-order valence-corrected chi connectivity index (χ4v) is 2.10. The molecule has 3 nitrogen and oxygen atoms in total. The summed E-state index contributed by atoms with van der Waals surface area (Å²) in [5.41, 5.74) is 1.56. The second kappa shape index (κ2) is 6.48. The van der Waals surface area contributed by atoms with Gasteiger partial charge in [0, 0.05) is 17.6 Å². The van der Waals surface area contributed by atoms with Crippen LogP contribution in [-0.4, -0.2) is 14.2 Å². The van der Waals surface area contributed by atoms with Crippen LogP contribution in [0.25, 0.3) is 0 Å². The van der Waals surface area contributed by atoms with Gasteiger partial charge in [-0.05, 0) is 35.9 Å². The molecule has 0 spiro atoms. The maximum absolute atomic E-state index is 13.2. The smallest absolute Gasteiger partial charge is 0.145 e. The summed E-state index contributed by atoms with van der Waals surface area (Å²) < 4.78 is 23.7. The van der Waals surface area contributed by atoms with Gasteiger partial charge in [0.1, 0.15) is 17.3 Å². The van der Waals surface area contributed by atoms with E-state index in [1.165, 1.54) is 12.1 Å². The average molecular weight is 296 g/mol. The second-order valence-corrected chi connectivity index (χ2v) is 4.63. The van der Waals surface area contributed by atoms with Crippen LogP contribution in [0.2, 0.25) is 5.02 Å². The Kier molecular flexibility index (Phi) is 4.69. The number of methoxy groups -OCH3 is 2. The van der Waals surface area contributed by atoms with Crippen molar-refractivity contribution in [3.8, 4) is 11.5 Å². The van der Waals surface area contributed by atoms with Gasteiger partial charge in [0.05, 0.1) is 19.9 Å². The Labute approximate surface area is 122 Å². The number of halogens is 2. The van der Waals surface area contributed by atoms with Gasteiger partial charge in [0.25, 0.3) is 0 Å². The van der Waals surface area contributed by atoms with E-state index < -0.39 is 0 Å². The van der Waals surface area contributed by atoms with Gasteiger partial charge in [-0.1, -0.05) is 11.6 Å². The van der Waals surface area contributed by atoms with Gasteiger partial charge in [-0.25, -0.2) is 4.39 Å². The largest absolute Gasteiger partial charge is 0.497 e. The monoisotopic (exact) mass is 295 g/mol. The zero-order chi connectivity index (χ0) is 14.5. The number of rotatable bonds is 5. The summed E-state index contributed by atoms with van der Waals surface area (Å²) in [6.45, 7) is 0.445. The summed E-state index contributed by atoms with van der Waals surface area (Å²) in [5.74, 6) is 1.02. The van der Waals surface area contributed by atoms with Crippen molar-refractivity contribution < 1.29 is 13.9 Å². The first-order valence-corrected chi connectivity index (χ1v) is 6.41. The second-order valence-electron chi connectivity index (χ2n) is 4.20. The minimum absolute atomic E-state index is 0.351. The number of ether oxygens (including phenoxy) is 2. The molecule has 0 heterocycles. The van der Waals surface area contributed by atoms with E-state index in [1.54, 1.807) is 26.4 Å². The molecule has 2 rings (SSSR count). The molecule has 2 aromatic carbocycles. The van der Waals surface area contributed by atoms with E-state index >= 15 is 0 Å². The van der Waals surface area contributed by atoms with Crippen molar-refractivity contribution in [3.05, 3.63) is 52.8 Å². The van der Waals surface area contributed by atoms with Crippen LogP contribution in [0.4, 0.5) is 10.1 Å². The van der Waals surface area contributed by atoms with Crippen molar-refractivity contribution in [2.24, 2.45) is 0 Å². The highest BCUT2D eigenvalue weighted by molar-refractivity contribution is 6.30. The summed E-state index contributed by atoms with van der Waals surface area (Å²) in [4.78, 5) is 0. The summed E-state index contributed by atoms with van der Waals surface area (Å²) >= 11 is 5.82. The Balaban J connectivity index is 2.14. The number of hydrogen-bond donors (Lipinski definition) is 1. The van der Waals surface area contributed by atoms with Crippen LogP contribution in [0.3, 0.4) is 0 Å². The van der Waals surface area contributed by atoms with Crippen molar-refractivity contribution in [3.63, 3.8) is 0 Å². The van der Waals surface area contributed by atoms with E-state index in [0.717, 1.165) is 11.3 Å².